The van der Waals surface area contributed by atoms with Gasteiger partial charge in [0, 0.05) is 16.4 Å². The molecular formula is C23H18ClN5O3S. The second kappa shape index (κ2) is 8.09. The quantitative estimate of drug-likeness (QED) is 0.530. The van der Waals surface area contributed by atoms with Crippen molar-refractivity contribution in [2.45, 2.75) is 13.8 Å². The molecule has 0 spiro atoms. The minimum atomic E-state index is -0.486. The third kappa shape index (κ3) is 3.59. The van der Waals surface area contributed by atoms with Crippen LogP contribution in [0.15, 0.2) is 62.7 Å². The van der Waals surface area contributed by atoms with Crippen molar-refractivity contribution >= 4 is 51.4 Å². The molecule has 10 heteroatoms. The molecule has 1 aromatic carbocycles. The molecule has 2 aliphatic heterocycles. The Morgan fingerprint density at radius 2 is 2.06 bits per heavy atom. The lowest BCUT2D eigenvalue weighted by atomic mass is 10.1. The Bertz CT molecular complexity index is 1400. The Morgan fingerprint density at radius 1 is 1.24 bits per heavy atom. The van der Waals surface area contributed by atoms with Crippen LogP contribution in [-0.4, -0.2) is 38.6 Å². The van der Waals surface area contributed by atoms with Gasteiger partial charge >= 0.3 is 0 Å². The molecule has 0 bridgehead atoms. The summed E-state index contributed by atoms with van der Waals surface area (Å²) in [5.41, 5.74) is 3.52. The highest BCUT2D eigenvalue weighted by Crippen LogP contribution is 2.34. The number of nitrogens with zero attached hydrogens (tertiary/aromatic N) is 4. The Hall–Kier alpha value is -3.56. The van der Waals surface area contributed by atoms with E-state index in [2.05, 4.69) is 10.1 Å². The number of hydrogen-bond donors (Lipinski definition) is 1. The molecule has 8 nitrogen and oxygen atoms in total. The fourth-order valence-electron chi connectivity index (χ4n) is 3.79. The molecule has 0 aliphatic carbocycles. The van der Waals surface area contributed by atoms with Crippen LogP contribution in [0.4, 0.5) is 0 Å². The number of methoxy groups -OCH3 is 1. The summed E-state index contributed by atoms with van der Waals surface area (Å²) in [4.78, 5) is 17.0. The number of thioether (sulfide) groups is 1. The Kier molecular flexibility index (Phi) is 5.22. The number of furan rings is 1. The number of aliphatic imine (C=N–C) groups is 1. The molecule has 0 saturated carbocycles. The summed E-state index contributed by atoms with van der Waals surface area (Å²) < 4.78 is 12.9. The average molecular weight is 480 g/mol. The van der Waals surface area contributed by atoms with E-state index < -0.39 is 5.91 Å². The highest BCUT2D eigenvalue weighted by molar-refractivity contribution is 8.27. The molecule has 1 N–H and O–H groups in total. The Morgan fingerprint density at radius 3 is 2.79 bits per heavy atom. The highest BCUT2D eigenvalue weighted by Gasteiger charge is 2.37. The Labute approximate surface area is 198 Å². The van der Waals surface area contributed by atoms with E-state index in [-0.39, 0.29) is 11.4 Å². The van der Waals surface area contributed by atoms with Crippen molar-refractivity contribution in [1.82, 2.24) is 9.58 Å². The molecule has 2 aromatic heterocycles. The molecule has 166 valence electrons. The van der Waals surface area contributed by atoms with E-state index in [9.17, 15) is 4.79 Å². The number of hydrogen-bond acceptors (Lipinski definition) is 6. The number of hydrazone groups is 1. The molecule has 2 aliphatic rings. The smallest absolute Gasteiger partial charge is 0.283 e. The van der Waals surface area contributed by atoms with Gasteiger partial charge in [-0.25, -0.2) is 0 Å². The minimum absolute atomic E-state index is 0.0378. The van der Waals surface area contributed by atoms with Crippen molar-refractivity contribution in [2.24, 2.45) is 10.1 Å². The van der Waals surface area contributed by atoms with Gasteiger partial charge in [0.1, 0.15) is 5.75 Å². The van der Waals surface area contributed by atoms with Crippen LogP contribution in [0, 0.1) is 19.3 Å². The summed E-state index contributed by atoms with van der Waals surface area (Å²) in [5.74, 6) is 0.705. The summed E-state index contributed by atoms with van der Waals surface area (Å²) in [7, 11) is 1.60. The van der Waals surface area contributed by atoms with Crippen molar-refractivity contribution in [3.8, 4) is 11.4 Å². The monoisotopic (exact) mass is 479 g/mol. The molecule has 0 fully saturated rings. The summed E-state index contributed by atoms with van der Waals surface area (Å²) in [6.45, 7) is 3.89. The number of fused-ring (bicyclic) bond motifs is 1. The number of nitrogens with one attached hydrogen (secondary N) is 1. The van der Waals surface area contributed by atoms with Crippen molar-refractivity contribution < 1.29 is 13.9 Å². The standard InChI is InChI=1S/C23H18ClN5O3S/c1-12-9-14(13(2)28(12)17-11-15(24)6-7-18(17)31-3)10-16-20(25)29-23(26-21(16)30)33-22(27-29)19-5-4-8-32-19/h4-11,25H,1-3H3/b16-10+,25-20?. The van der Waals surface area contributed by atoms with Gasteiger partial charge in [0.25, 0.3) is 5.91 Å². The average Bonchev–Trinajstić information content (AvgIpc) is 3.51. The van der Waals surface area contributed by atoms with E-state index in [1.165, 1.54) is 16.8 Å². The number of benzene rings is 1. The fraction of sp³-hybridized carbons (Fsp3) is 0.130. The first-order valence-electron chi connectivity index (χ1n) is 9.94. The molecule has 1 amide bonds. The van der Waals surface area contributed by atoms with E-state index in [4.69, 9.17) is 26.2 Å². The summed E-state index contributed by atoms with van der Waals surface area (Å²) in [6, 6.07) is 10.9. The molecule has 0 saturated heterocycles. The predicted molar refractivity (Wildman–Crippen MR) is 130 cm³/mol. The molecule has 0 unspecified atom stereocenters. The SMILES string of the molecule is COc1ccc(Cl)cc1-n1c(C)cc(/C=C2\C(=N)N3N=C(c4ccco4)SC3=NC2=O)c1C. The van der Waals surface area contributed by atoms with Crippen molar-refractivity contribution in [3.05, 3.63) is 76.0 Å². The van der Waals surface area contributed by atoms with E-state index >= 15 is 0 Å². The van der Waals surface area contributed by atoms with Crippen LogP contribution in [0.1, 0.15) is 22.7 Å². The highest BCUT2D eigenvalue weighted by atomic mass is 35.5. The second-order valence-corrected chi connectivity index (χ2v) is 8.77. The predicted octanol–water partition coefficient (Wildman–Crippen LogP) is 5.02. The Balaban J connectivity index is 1.55. The van der Waals surface area contributed by atoms with Crippen LogP contribution in [0.25, 0.3) is 11.8 Å². The van der Waals surface area contributed by atoms with Gasteiger partial charge in [-0.2, -0.15) is 15.1 Å². The largest absolute Gasteiger partial charge is 0.495 e. The molecule has 0 radical (unpaired) electrons. The van der Waals surface area contributed by atoms with Crippen LogP contribution in [0.2, 0.25) is 5.02 Å². The zero-order valence-electron chi connectivity index (χ0n) is 17.9. The summed E-state index contributed by atoms with van der Waals surface area (Å²) in [6.07, 6.45) is 3.22. The second-order valence-electron chi connectivity index (χ2n) is 7.38. The molecule has 5 rings (SSSR count). The van der Waals surface area contributed by atoms with Gasteiger partial charge in [0.05, 0.1) is 24.6 Å². The van der Waals surface area contributed by atoms with Gasteiger partial charge in [-0.15, -0.1) is 0 Å². The van der Waals surface area contributed by atoms with Crippen molar-refractivity contribution in [2.75, 3.05) is 7.11 Å². The summed E-state index contributed by atoms with van der Waals surface area (Å²) >= 11 is 7.43. The fourth-order valence-corrected chi connectivity index (χ4v) is 4.82. The lowest BCUT2D eigenvalue weighted by molar-refractivity contribution is -0.114. The van der Waals surface area contributed by atoms with Gasteiger partial charge in [-0.3, -0.25) is 10.2 Å². The lowest BCUT2D eigenvalue weighted by Crippen LogP contribution is -2.35. The number of aryl methyl sites for hydroxylation is 1. The van der Waals surface area contributed by atoms with Crippen LogP contribution >= 0.6 is 23.4 Å². The third-order valence-electron chi connectivity index (χ3n) is 5.34. The zero-order chi connectivity index (χ0) is 23.3. The molecule has 33 heavy (non-hydrogen) atoms. The van der Waals surface area contributed by atoms with E-state index in [1.54, 1.807) is 37.6 Å². The lowest BCUT2D eigenvalue weighted by Gasteiger charge is -2.20. The molecular weight excluding hydrogens is 462 g/mol. The number of carbonyl (C=O) groups is 1. The topological polar surface area (TPSA) is 96.2 Å². The van der Waals surface area contributed by atoms with Crippen LogP contribution in [0.5, 0.6) is 5.75 Å². The summed E-state index contributed by atoms with van der Waals surface area (Å²) in [5, 5.41) is 15.9. The maximum Gasteiger partial charge on any atom is 0.283 e. The van der Waals surface area contributed by atoms with Gasteiger partial charge in [0.15, 0.2) is 16.6 Å². The number of ether oxygens (including phenoxy) is 1. The van der Waals surface area contributed by atoms with Gasteiger partial charge in [0.2, 0.25) is 5.17 Å². The molecule has 0 atom stereocenters. The zero-order valence-corrected chi connectivity index (χ0v) is 19.5. The van der Waals surface area contributed by atoms with Gasteiger partial charge in [-0.1, -0.05) is 11.6 Å². The number of aromatic nitrogens is 1. The number of rotatable bonds is 4. The van der Waals surface area contributed by atoms with Gasteiger partial charge in [-0.05, 0) is 73.6 Å². The maximum atomic E-state index is 12.8. The van der Waals surface area contributed by atoms with Crippen LogP contribution in [-0.2, 0) is 4.79 Å². The van der Waals surface area contributed by atoms with Crippen LogP contribution < -0.4 is 4.74 Å². The van der Waals surface area contributed by atoms with Crippen LogP contribution in [0.3, 0.4) is 0 Å². The van der Waals surface area contributed by atoms with Crippen molar-refractivity contribution in [3.63, 3.8) is 0 Å². The first-order valence-corrected chi connectivity index (χ1v) is 11.1. The number of carbonyl (C=O) groups excluding carboxylic acids is 1. The number of halogens is 1. The normalized spacial score (nSPS) is 16.8. The van der Waals surface area contributed by atoms with E-state index in [0.717, 1.165) is 22.6 Å². The van der Waals surface area contributed by atoms with E-state index in [1.807, 2.05) is 36.6 Å². The van der Waals surface area contributed by atoms with Gasteiger partial charge < -0.3 is 13.7 Å². The third-order valence-corrected chi connectivity index (χ3v) is 6.50. The maximum absolute atomic E-state index is 12.8. The van der Waals surface area contributed by atoms with E-state index in [0.29, 0.717) is 26.7 Å². The first kappa shape index (κ1) is 21.3. The molecule has 4 heterocycles. The number of amides is 1. The van der Waals surface area contributed by atoms with Crippen molar-refractivity contribution in [1.29, 1.82) is 5.41 Å². The first-order chi connectivity index (χ1) is 15.9. The number of amidine groups is 2. The minimum Gasteiger partial charge on any atom is -0.495 e. The molecule has 3 aromatic rings.